The summed E-state index contributed by atoms with van der Waals surface area (Å²) < 4.78 is 0. The first kappa shape index (κ1) is 16.2. The lowest BCUT2D eigenvalue weighted by Gasteiger charge is -2.25. The molecule has 0 bridgehead atoms. The van der Waals surface area contributed by atoms with E-state index >= 15 is 0 Å². The Balaban J connectivity index is 2.04. The van der Waals surface area contributed by atoms with E-state index in [0.717, 1.165) is 13.1 Å². The van der Waals surface area contributed by atoms with Gasteiger partial charge >= 0.3 is 0 Å². The smallest absolute Gasteiger partial charge is 0.227 e. The molecule has 1 N–H and O–H groups in total. The van der Waals surface area contributed by atoms with Gasteiger partial charge in [-0.1, -0.05) is 26.0 Å². The predicted molar refractivity (Wildman–Crippen MR) is 90.6 cm³/mol. The highest BCUT2D eigenvalue weighted by Crippen LogP contribution is 2.19. The molecule has 0 spiro atoms. The van der Waals surface area contributed by atoms with Crippen LogP contribution in [-0.4, -0.2) is 23.9 Å². The summed E-state index contributed by atoms with van der Waals surface area (Å²) >= 11 is 3.41. The minimum atomic E-state index is 0.00451. The quantitative estimate of drug-likeness (QED) is 0.805. The Morgan fingerprint density at radius 1 is 1.19 bits per heavy atom. The molecule has 114 valence electrons. The number of amides is 1. The Morgan fingerprint density at radius 3 is 2.19 bits per heavy atom. The average Bonchev–Trinajstić information content (AvgIpc) is 3.16. The van der Waals surface area contributed by atoms with E-state index in [1.807, 2.05) is 24.0 Å². The van der Waals surface area contributed by atoms with Crippen LogP contribution in [0, 0.1) is 5.92 Å². The lowest BCUT2D eigenvalue weighted by atomic mass is 10.1. The highest BCUT2D eigenvalue weighted by atomic mass is 32.1. The van der Waals surface area contributed by atoms with Gasteiger partial charge in [-0.15, -0.1) is 22.7 Å². The Bertz CT molecular complexity index is 486. The van der Waals surface area contributed by atoms with Crippen molar-refractivity contribution in [3.8, 4) is 0 Å². The Labute approximate surface area is 134 Å². The second-order valence-electron chi connectivity index (χ2n) is 5.06. The third kappa shape index (κ3) is 4.95. The molecule has 5 heteroatoms. The molecule has 1 atom stereocenters. The van der Waals surface area contributed by atoms with Gasteiger partial charge in [-0.3, -0.25) is 4.79 Å². The molecule has 0 aromatic carbocycles. The van der Waals surface area contributed by atoms with Crippen LogP contribution < -0.4 is 5.32 Å². The van der Waals surface area contributed by atoms with E-state index in [-0.39, 0.29) is 11.8 Å². The molecule has 0 aliphatic heterocycles. The van der Waals surface area contributed by atoms with Crippen molar-refractivity contribution in [1.82, 2.24) is 10.2 Å². The molecule has 0 saturated heterocycles. The lowest BCUT2D eigenvalue weighted by molar-refractivity contribution is -0.136. The molecule has 3 nitrogen and oxygen atoms in total. The van der Waals surface area contributed by atoms with Gasteiger partial charge in [-0.25, -0.2) is 0 Å². The molecule has 2 rings (SSSR count). The van der Waals surface area contributed by atoms with E-state index < -0.39 is 0 Å². The number of thiophene rings is 2. The monoisotopic (exact) mass is 322 g/mol. The molecular formula is C16H22N2OS2. The zero-order valence-corrected chi connectivity index (χ0v) is 14.2. The van der Waals surface area contributed by atoms with Crippen LogP contribution in [0.1, 0.15) is 23.6 Å². The standard InChI is InChI=1S/C16H22N2OS2/c1-3-17-10-13(2)16(19)18(11-14-6-4-8-20-14)12-15-7-5-9-21-15/h4-9,13,17H,3,10-12H2,1-2H3. The van der Waals surface area contributed by atoms with E-state index in [1.165, 1.54) is 9.75 Å². The van der Waals surface area contributed by atoms with E-state index in [9.17, 15) is 4.79 Å². The second-order valence-corrected chi connectivity index (χ2v) is 7.13. The van der Waals surface area contributed by atoms with E-state index in [0.29, 0.717) is 13.1 Å². The lowest BCUT2D eigenvalue weighted by Crippen LogP contribution is -2.38. The van der Waals surface area contributed by atoms with Gasteiger partial charge in [0.15, 0.2) is 0 Å². The minimum Gasteiger partial charge on any atom is -0.332 e. The molecule has 0 aliphatic rings. The number of nitrogens with one attached hydrogen (secondary N) is 1. The number of hydrogen-bond donors (Lipinski definition) is 1. The zero-order chi connectivity index (χ0) is 15.1. The van der Waals surface area contributed by atoms with Crippen molar-refractivity contribution < 1.29 is 4.79 Å². The zero-order valence-electron chi connectivity index (χ0n) is 12.5. The molecule has 1 unspecified atom stereocenters. The van der Waals surface area contributed by atoms with Gasteiger partial charge < -0.3 is 10.2 Å². The van der Waals surface area contributed by atoms with Gasteiger partial charge in [0.05, 0.1) is 13.1 Å². The summed E-state index contributed by atoms with van der Waals surface area (Å²) in [5.41, 5.74) is 0. The van der Waals surface area contributed by atoms with Crippen LogP contribution in [0.3, 0.4) is 0 Å². The Hall–Kier alpha value is -1.17. The van der Waals surface area contributed by atoms with Gasteiger partial charge in [0.1, 0.15) is 0 Å². The van der Waals surface area contributed by atoms with E-state index in [1.54, 1.807) is 22.7 Å². The van der Waals surface area contributed by atoms with Crippen LogP contribution >= 0.6 is 22.7 Å². The summed E-state index contributed by atoms with van der Waals surface area (Å²) in [6.45, 7) is 7.09. The molecule has 21 heavy (non-hydrogen) atoms. The summed E-state index contributed by atoms with van der Waals surface area (Å²) in [4.78, 5) is 17.1. The van der Waals surface area contributed by atoms with Gasteiger partial charge in [0.25, 0.3) is 0 Å². The van der Waals surface area contributed by atoms with Crippen LogP contribution in [0.2, 0.25) is 0 Å². The third-order valence-electron chi connectivity index (χ3n) is 3.29. The van der Waals surface area contributed by atoms with Crippen molar-refractivity contribution in [3.05, 3.63) is 44.8 Å². The van der Waals surface area contributed by atoms with Crippen molar-refractivity contribution in [2.75, 3.05) is 13.1 Å². The molecule has 2 heterocycles. The van der Waals surface area contributed by atoms with Crippen molar-refractivity contribution in [1.29, 1.82) is 0 Å². The van der Waals surface area contributed by atoms with Crippen LogP contribution in [0.5, 0.6) is 0 Å². The molecular weight excluding hydrogens is 300 g/mol. The molecule has 0 radical (unpaired) electrons. The number of hydrogen-bond acceptors (Lipinski definition) is 4. The van der Waals surface area contributed by atoms with Crippen LogP contribution in [0.4, 0.5) is 0 Å². The molecule has 1 amide bonds. The molecule has 0 saturated carbocycles. The maximum Gasteiger partial charge on any atom is 0.227 e. The van der Waals surface area contributed by atoms with Crippen LogP contribution in [-0.2, 0) is 17.9 Å². The van der Waals surface area contributed by atoms with Gasteiger partial charge in [-0.05, 0) is 29.4 Å². The second kappa shape index (κ2) is 8.32. The first-order valence-electron chi connectivity index (χ1n) is 7.25. The summed E-state index contributed by atoms with van der Waals surface area (Å²) in [5.74, 6) is 0.225. The number of carbonyl (C=O) groups excluding carboxylic acids is 1. The first-order chi connectivity index (χ1) is 10.2. The fourth-order valence-corrected chi connectivity index (χ4v) is 3.59. The van der Waals surface area contributed by atoms with Crippen molar-refractivity contribution >= 4 is 28.6 Å². The van der Waals surface area contributed by atoms with E-state index in [4.69, 9.17) is 0 Å². The molecule has 0 fully saturated rings. The SMILES string of the molecule is CCNCC(C)C(=O)N(Cc1cccs1)Cc1cccs1. The summed E-state index contributed by atoms with van der Waals surface area (Å²) in [6, 6.07) is 8.26. The fraction of sp³-hybridized carbons (Fsp3) is 0.438. The highest BCUT2D eigenvalue weighted by Gasteiger charge is 2.21. The largest absolute Gasteiger partial charge is 0.332 e. The van der Waals surface area contributed by atoms with Crippen molar-refractivity contribution in [3.63, 3.8) is 0 Å². The Kier molecular flexibility index (Phi) is 6.42. The van der Waals surface area contributed by atoms with Gasteiger partial charge in [0.2, 0.25) is 5.91 Å². The topological polar surface area (TPSA) is 32.3 Å². The van der Waals surface area contributed by atoms with Gasteiger partial charge in [-0.2, -0.15) is 0 Å². The number of rotatable bonds is 8. The number of carbonyl (C=O) groups is 1. The summed E-state index contributed by atoms with van der Waals surface area (Å²) in [5, 5.41) is 7.38. The highest BCUT2D eigenvalue weighted by molar-refractivity contribution is 7.10. The summed E-state index contributed by atoms with van der Waals surface area (Å²) in [7, 11) is 0. The summed E-state index contributed by atoms with van der Waals surface area (Å²) in [6.07, 6.45) is 0. The van der Waals surface area contributed by atoms with E-state index in [2.05, 4.69) is 35.1 Å². The first-order valence-corrected chi connectivity index (χ1v) is 9.01. The maximum atomic E-state index is 12.7. The Morgan fingerprint density at radius 2 is 1.76 bits per heavy atom. The van der Waals surface area contributed by atoms with Crippen LogP contribution in [0.25, 0.3) is 0 Å². The van der Waals surface area contributed by atoms with Gasteiger partial charge in [0, 0.05) is 22.2 Å². The van der Waals surface area contributed by atoms with Crippen molar-refractivity contribution in [2.45, 2.75) is 26.9 Å². The minimum absolute atomic E-state index is 0.00451. The maximum absolute atomic E-state index is 12.7. The predicted octanol–water partition coefficient (Wildman–Crippen LogP) is 3.58. The molecule has 2 aromatic rings. The molecule has 2 aromatic heterocycles. The normalized spacial score (nSPS) is 12.3. The average molecular weight is 322 g/mol. The molecule has 0 aliphatic carbocycles. The third-order valence-corrected chi connectivity index (χ3v) is 5.01. The van der Waals surface area contributed by atoms with Crippen molar-refractivity contribution in [2.24, 2.45) is 5.92 Å². The fourth-order valence-electron chi connectivity index (χ4n) is 2.15. The number of nitrogens with zero attached hydrogens (tertiary/aromatic N) is 1. The van der Waals surface area contributed by atoms with Crippen LogP contribution in [0.15, 0.2) is 35.0 Å².